The van der Waals surface area contributed by atoms with E-state index in [2.05, 4.69) is 6.92 Å². The lowest BCUT2D eigenvalue weighted by atomic mass is 10.1. The highest BCUT2D eigenvalue weighted by Crippen LogP contribution is 2.03. The summed E-state index contributed by atoms with van der Waals surface area (Å²) in [6.07, 6.45) is 5.36. The molecule has 0 spiro atoms. The molecule has 74 valence electrons. The monoisotopic (exact) mass is 193 g/mol. The van der Waals surface area contributed by atoms with Crippen LogP contribution in [0.5, 0.6) is 0 Å². The van der Waals surface area contributed by atoms with E-state index < -0.39 is 9.84 Å². The Balaban J connectivity index is 3.53. The topological polar surface area (TPSA) is 60.2 Å². The zero-order valence-electron chi connectivity index (χ0n) is 7.91. The third-order valence-electron chi connectivity index (χ3n) is 1.70. The van der Waals surface area contributed by atoms with E-state index in [9.17, 15) is 8.42 Å². The molecule has 0 aromatic carbocycles. The fourth-order valence-corrected chi connectivity index (χ4v) is 2.07. The molecule has 2 N–H and O–H groups in total. The second-order valence-electron chi connectivity index (χ2n) is 3.35. The average molecular weight is 193 g/mol. The molecule has 0 aromatic rings. The number of sulfone groups is 1. The summed E-state index contributed by atoms with van der Waals surface area (Å²) in [6.45, 7) is 2.11. The molecule has 0 aromatic heterocycles. The summed E-state index contributed by atoms with van der Waals surface area (Å²) in [6, 6.07) is -0.174. The minimum atomic E-state index is -2.89. The van der Waals surface area contributed by atoms with Crippen LogP contribution in [-0.2, 0) is 9.84 Å². The maximum Gasteiger partial charge on any atom is 0.148 e. The first kappa shape index (κ1) is 11.9. The van der Waals surface area contributed by atoms with Gasteiger partial charge in [-0.25, -0.2) is 8.42 Å². The lowest BCUT2D eigenvalue weighted by Gasteiger charge is -2.08. The van der Waals surface area contributed by atoms with Crippen LogP contribution in [0.1, 0.15) is 32.6 Å². The number of unbranched alkanes of at least 4 members (excludes halogenated alkanes) is 2. The molecule has 0 saturated carbocycles. The van der Waals surface area contributed by atoms with Crippen molar-refractivity contribution in [1.29, 1.82) is 0 Å². The van der Waals surface area contributed by atoms with Crippen molar-refractivity contribution in [2.75, 3.05) is 12.0 Å². The second-order valence-corrected chi connectivity index (χ2v) is 5.53. The van der Waals surface area contributed by atoms with E-state index in [0.717, 1.165) is 25.7 Å². The van der Waals surface area contributed by atoms with E-state index in [4.69, 9.17) is 5.73 Å². The predicted molar refractivity (Wildman–Crippen MR) is 51.8 cm³/mol. The molecule has 1 atom stereocenters. The van der Waals surface area contributed by atoms with Gasteiger partial charge in [0.2, 0.25) is 0 Å². The van der Waals surface area contributed by atoms with Crippen LogP contribution in [0, 0.1) is 0 Å². The molecular weight excluding hydrogens is 174 g/mol. The summed E-state index contributed by atoms with van der Waals surface area (Å²) in [4.78, 5) is 0. The highest BCUT2D eigenvalue weighted by Gasteiger charge is 2.09. The Morgan fingerprint density at radius 3 is 2.33 bits per heavy atom. The zero-order chi connectivity index (χ0) is 9.61. The van der Waals surface area contributed by atoms with Crippen LogP contribution in [0.25, 0.3) is 0 Å². The molecule has 4 heteroatoms. The van der Waals surface area contributed by atoms with Crippen LogP contribution >= 0.6 is 0 Å². The first-order chi connectivity index (χ1) is 5.45. The Morgan fingerprint density at radius 1 is 1.33 bits per heavy atom. The van der Waals surface area contributed by atoms with E-state index in [1.165, 1.54) is 6.26 Å². The summed E-state index contributed by atoms with van der Waals surface area (Å²) < 4.78 is 21.6. The Morgan fingerprint density at radius 2 is 1.92 bits per heavy atom. The molecule has 0 saturated heterocycles. The van der Waals surface area contributed by atoms with Crippen molar-refractivity contribution in [1.82, 2.24) is 0 Å². The lowest BCUT2D eigenvalue weighted by molar-refractivity contribution is 0.566. The fraction of sp³-hybridized carbons (Fsp3) is 1.00. The Labute approximate surface area is 75.3 Å². The summed E-state index contributed by atoms with van der Waals surface area (Å²) >= 11 is 0. The van der Waals surface area contributed by atoms with Crippen molar-refractivity contribution in [2.45, 2.75) is 38.6 Å². The highest BCUT2D eigenvalue weighted by atomic mass is 32.2. The van der Waals surface area contributed by atoms with Gasteiger partial charge in [-0.15, -0.1) is 0 Å². The number of nitrogens with two attached hydrogens (primary N) is 1. The van der Waals surface area contributed by atoms with E-state index in [-0.39, 0.29) is 11.8 Å². The number of rotatable bonds is 6. The quantitative estimate of drug-likeness (QED) is 0.639. The standard InChI is InChI=1S/C8H19NO2S/c1-3-4-5-6-8(9)7-12(2,10)11/h8H,3-7,9H2,1-2H3. The molecule has 0 amide bonds. The van der Waals surface area contributed by atoms with E-state index >= 15 is 0 Å². The number of hydrogen-bond acceptors (Lipinski definition) is 3. The summed E-state index contributed by atoms with van der Waals surface area (Å²) in [7, 11) is -2.89. The molecule has 0 aliphatic heterocycles. The number of hydrogen-bond donors (Lipinski definition) is 1. The van der Waals surface area contributed by atoms with Gasteiger partial charge in [0, 0.05) is 12.3 Å². The van der Waals surface area contributed by atoms with Crippen molar-refractivity contribution >= 4 is 9.84 Å². The third kappa shape index (κ3) is 8.01. The van der Waals surface area contributed by atoms with Crippen LogP contribution in [0.3, 0.4) is 0 Å². The van der Waals surface area contributed by atoms with Gasteiger partial charge in [-0.1, -0.05) is 26.2 Å². The Bertz CT molecular complexity index is 199. The predicted octanol–water partition coefficient (Wildman–Crippen LogP) is 0.939. The van der Waals surface area contributed by atoms with Crippen LogP contribution in [0.2, 0.25) is 0 Å². The van der Waals surface area contributed by atoms with Gasteiger partial charge in [0.05, 0.1) is 5.75 Å². The fourth-order valence-electron chi connectivity index (χ4n) is 1.13. The lowest BCUT2D eigenvalue weighted by Crippen LogP contribution is -2.28. The average Bonchev–Trinajstić information content (AvgIpc) is 1.84. The highest BCUT2D eigenvalue weighted by molar-refractivity contribution is 7.90. The van der Waals surface area contributed by atoms with Crippen molar-refractivity contribution in [2.24, 2.45) is 5.73 Å². The molecule has 1 unspecified atom stereocenters. The maximum absolute atomic E-state index is 10.8. The third-order valence-corrected chi connectivity index (χ3v) is 2.73. The van der Waals surface area contributed by atoms with Gasteiger partial charge in [0.15, 0.2) is 0 Å². The van der Waals surface area contributed by atoms with Crippen molar-refractivity contribution in [3.8, 4) is 0 Å². The smallest absolute Gasteiger partial charge is 0.148 e. The Hall–Kier alpha value is -0.0900. The molecule has 0 heterocycles. The molecular formula is C8H19NO2S. The van der Waals surface area contributed by atoms with Crippen LogP contribution in [0.15, 0.2) is 0 Å². The normalized spacial score (nSPS) is 14.6. The zero-order valence-corrected chi connectivity index (χ0v) is 8.73. The summed E-state index contributed by atoms with van der Waals surface area (Å²) in [5.41, 5.74) is 5.62. The SMILES string of the molecule is CCCCCC(N)CS(C)(=O)=O. The minimum Gasteiger partial charge on any atom is -0.327 e. The first-order valence-corrected chi connectivity index (χ1v) is 6.45. The second kappa shape index (κ2) is 5.54. The van der Waals surface area contributed by atoms with E-state index in [0.29, 0.717) is 0 Å². The molecule has 0 aliphatic carbocycles. The maximum atomic E-state index is 10.8. The van der Waals surface area contributed by atoms with Gasteiger partial charge in [-0.3, -0.25) is 0 Å². The van der Waals surface area contributed by atoms with Gasteiger partial charge < -0.3 is 5.73 Å². The van der Waals surface area contributed by atoms with Gasteiger partial charge in [-0.05, 0) is 6.42 Å². The molecule has 0 fully saturated rings. The van der Waals surface area contributed by atoms with Gasteiger partial charge in [0.1, 0.15) is 9.84 Å². The van der Waals surface area contributed by atoms with Gasteiger partial charge >= 0.3 is 0 Å². The molecule has 0 bridgehead atoms. The van der Waals surface area contributed by atoms with E-state index in [1.807, 2.05) is 0 Å². The Kier molecular flexibility index (Phi) is 5.50. The van der Waals surface area contributed by atoms with Crippen molar-refractivity contribution in [3.63, 3.8) is 0 Å². The van der Waals surface area contributed by atoms with Crippen molar-refractivity contribution in [3.05, 3.63) is 0 Å². The molecule has 3 nitrogen and oxygen atoms in total. The molecule has 0 radical (unpaired) electrons. The van der Waals surface area contributed by atoms with Crippen molar-refractivity contribution < 1.29 is 8.42 Å². The largest absolute Gasteiger partial charge is 0.327 e. The van der Waals surface area contributed by atoms with E-state index in [1.54, 1.807) is 0 Å². The first-order valence-electron chi connectivity index (χ1n) is 4.39. The molecule has 0 rings (SSSR count). The van der Waals surface area contributed by atoms with Crippen LogP contribution in [-0.4, -0.2) is 26.5 Å². The summed E-state index contributed by atoms with van der Waals surface area (Å²) in [5.74, 6) is 0.122. The summed E-state index contributed by atoms with van der Waals surface area (Å²) in [5, 5.41) is 0. The molecule has 12 heavy (non-hydrogen) atoms. The molecule has 0 aliphatic rings. The van der Waals surface area contributed by atoms with Crippen LogP contribution in [0.4, 0.5) is 0 Å². The van der Waals surface area contributed by atoms with Gasteiger partial charge in [-0.2, -0.15) is 0 Å². The van der Waals surface area contributed by atoms with Gasteiger partial charge in [0.25, 0.3) is 0 Å². The minimum absolute atomic E-state index is 0.122. The van der Waals surface area contributed by atoms with Crippen LogP contribution < -0.4 is 5.73 Å².